The van der Waals surface area contributed by atoms with E-state index in [0.29, 0.717) is 29.2 Å². The third kappa shape index (κ3) is 8.32. The molecule has 3 aromatic rings. The molecule has 0 bridgehead atoms. The fourth-order valence-corrected chi connectivity index (χ4v) is 5.85. The number of halogens is 1. The van der Waals surface area contributed by atoms with Crippen LogP contribution in [0.1, 0.15) is 42.0 Å². The number of benzene rings is 3. The van der Waals surface area contributed by atoms with E-state index in [1.807, 2.05) is 68.4 Å². The quantitative estimate of drug-likeness (QED) is 0.297. The molecule has 3 rings (SSSR count). The third-order valence-corrected chi connectivity index (χ3v) is 8.47. The highest BCUT2D eigenvalue weighted by Gasteiger charge is 2.30. The molecule has 0 saturated heterocycles. The molecule has 0 heterocycles. The minimum Gasteiger partial charge on any atom is -0.355 e. The molecular formula is C31H38ClN3O4S. The van der Waals surface area contributed by atoms with Crippen LogP contribution in [0.2, 0.25) is 5.02 Å². The molecule has 214 valence electrons. The van der Waals surface area contributed by atoms with Gasteiger partial charge >= 0.3 is 0 Å². The van der Waals surface area contributed by atoms with Gasteiger partial charge in [-0.2, -0.15) is 0 Å². The summed E-state index contributed by atoms with van der Waals surface area (Å²) in [4.78, 5) is 28.8. The van der Waals surface area contributed by atoms with E-state index >= 15 is 0 Å². The molecule has 3 aromatic carbocycles. The average molecular weight is 584 g/mol. The van der Waals surface area contributed by atoms with E-state index in [9.17, 15) is 18.0 Å². The van der Waals surface area contributed by atoms with Gasteiger partial charge in [-0.1, -0.05) is 72.3 Å². The Morgan fingerprint density at radius 1 is 0.950 bits per heavy atom. The standard InChI is InChI=1S/C31H38ClN3O4S/c1-5-33-31(37)29(21-25-14-7-6-8-15-25)34(22-26-16-10-9-13-23(26)2)30(36)19-12-20-35(40(4,38)39)28-18-11-17-27(32)24(28)3/h6-11,13-18,29H,5,12,19-22H2,1-4H3,(H,33,37)/t29-/m1/s1. The maximum atomic E-state index is 13.8. The van der Waals surface area contributed by atoms with Crippen LogP contribution in [0.25, 0.3) is 0 Å². The molecule has 0 saturated carbocycles. The van der Waals surface area contributed by atoms with Crippen LogP contribution in [0.4, 0.5) is 5.69 Å². The van der Waals surface area contributed by atoms with Crippen LogP contribution in [0.3, 0.4) is 0 Å². The first kappa shape index (κ1) is 31.2. The first-order valence-electron chi connectivity index (χ1n) is 13.4. The maximum absolute atomic E-state index is 13.8. The smallest absolute Gasteiger partial charge is 0.243 e. The zero-order valence-corrected chi connectivity index (χ0v) is 25.1. The lowest BCUT2D eigenvalue weighted by Crippen LogP contribution is -2.50. The lowest BCUT2D eigenvalue weighted by molar-refractivity contribution is -0.141. The molecule has 0 radical (unpaired) electrons. The van der Waals surface area contributed by atoms with Gasteiger partial charge in [0.05, 0.1) is 11.9 Å². The highest BCUT2D eigenvalue weighted by molar-refractivity contribution is 7.92. The van der Waals surface area contributed by atoms with Crippen molar-refractivity contribution in [3.63, 3.8) is 0 Å². The van der Waals surface area contributed by atoms with Gasteiger partial charge in [-0.3, -0.25) is 13.9 Å². The largest absolute Gasteiger partial charge is 0.355 e. The van der Waals surface area contributed by atoms with Crippen molar-refractivity contribution in [1.82, 2.24) is 10.2 Å². The SMILES string of the molecule is CCNC(=O)[C@@H](Cc1ccccc1)N(Cc1ccccc1C)C(=O)CCCN(c1cccc(Cl)c1C)S(C)(=O)=O. The number of carbonyl (C=O) groups is 2. The van der Waals surface area contributed by atoms with Crippen LogP contribution >= 0.6 is 11.6 Å². The van der Waals surface area contributed by atoms with Crippen LogP contribution < -0.4 is 9.62 Å². The third-order valence-electron chi connectivity index (χ3n) is 6.88. The van der Waals surface area contributed by atoms with Gasteiger partial charge in [-0.25, -0.2) is 8.42 Å². The van der Waals surface area contributed by atoms with Crippen LogP contribution in [0.5, 0.6) is 0 Å². The highest BCUT2D eigenvalue weighted by Crippen LogP contribution is 2.28. The molecule has 2 amide bonds. The first-order valence-corrected chi connectivity index (χ1v) is 15.6. The molecule has 7 nitrogen and oxygen atoms in total. The van der Waals surface area contributed by atoms with Crippen LogP contribution in [0.15, 0.2) is 72.8 Å². The monoisotopic (exact) mass is 583 g/mol. The number of anilines is 1. The number of sulfonamides is 1. The van der Waals surface area contributed by atoms with Crippen LogP contribution in [-0.2, 0) is 32.6 Å². The van der Waals surface area contributed by atoms with Crippen molar-refractivity contribution in [1.29, 1.82) is 0 Å². The minimum atomic E-state index is -3.62. The minimum absolute atomic E-state index is 0.0716. The molecule has 0 unspecified atom stereocenters. The number of likely N-dealkylation sites (N-methyl/N-ethyl adjacent to an activating group) is 1. The van der Waals surface area contributed by atoms with E-state index in [1.165, 1.54) is 4.31 Å². The topological polar surface area (TPSA) is 86.8 Å². The van der Waals surface area contributed by atoms with Gasteiger partial charge in [0.15, 0.2) is 0 Å². The lowest BCUT2D eigenvalue weighted by atomic mass is 10.0. The number of rotatable bonds is 13. The zero-order chi connectivity index (χ0) is 29.3. The maximum Gasteiger partial charge on any atom is 0.243 e. The molecule has 9 heteroatoms. The van der Waals surface area contributed by atoms with Gasteiger partial charge in [0, 0.05) is 37.5 Å². The summed E-state index contributed by atoms with van der Waals surface area (Å²) in [5.41, 5.74) is 4.06. The Balaban J connectivity index is 1.89. The van der Waals surface area contributed by atoms with Gasteiger partial charge in [-0.05, 0) is 61.6 Å². The predicted octanol–water partition coefficient (Wildman–Crippen LogP) is 5.28. The molecule has 0 aliphatic carbocycles. The Bertz CT molecular complexity index is 1410. The Hall–Kier alpha value is -3.36. The molecule has 0 fully saturated rings. The lowest BCUT2D eigenvalue weighted by Gasteiger charge is -2.32. The van der Waals surface area contributed by atoms with Crippen LogP contribution in [-0.4, -0.2) is 50.5 Å². The summed E-state index contributed by atoms with van der Waals surface area (Å²) < 4.78 is 26.7. The molecule has 1 atom stereocenters. The summed E-state index contributed by atoms with van der Waals surface area (Å²) >= 11 is 6.26. The zero-order valence-electron chi connectivity index (χ0n) is 23.6. The molecule has 40 heavy (non-hydrogen) atoms. The molecule has 0 aliphatic rings. The summed E-state index contributed by atoms with van der Waals surface area (Å²) in [5, 5.41) is 3.37. The summed E-state index contributed by atoms with van der Waals surface area (Å²) in [7, 11) is -3.62. The van der Waals surface area contributed by atoms with Gasteiger partial charge in [-0.15, -0.1) is 0 Å². The van der Waals surface area contributed by atoms with E-state index in [2.05, 4.69) is 5.32 Å². The number of nitrogens with one attached hydrogen (secondary N) is 1. The Labute approximate surface area is 243 Å². The van der Waals surface area contributed by atoms with Crippen molar-refractivity contribution in [2.45, 2.75) is 52.6 Å². The van der Waals surface area contributed by atoms with E-state index in [-0.39, 0.29) is 37.7 Å². The first-order chi connectivity index (χ1) is 19.0. The summed E-state index contributed by atoms with van der Waals surface area (Å²) in [5.74, 6) is -0.438. The normalized spacial score (nSPS) is 12.0. The number of aryl methyl sites for hydroxylation is 1. The fraction of sp³-hybridized carbons (Fsp3) is 0.355. The van der Waals surface area contributed by atoms with Crippen molar-refractivity contribution in [2.75, 3.05) is 23.7 Å². The van der Waals surface area contributed by atoms with E-state index in [4.69, 9.17) is 11.6 Å². The second kappa shape index (κ2) is 14.3. The van der Waals surface area contributed by atoms with Crippen molar-refractivity contribution in [2.24, 2.45) is 0 Å². The van der Waals surface area contributed by atoms with E-state index in [0.717, 1.165) is 22.9 Å². The summed E-state index contributed by atoms with van der Waals surface area (Å²) in [6, 6.07) is 21.8. The second-order valence-electron chi connectivity index (χ2n) is 9.87. The number of nitrogens with zero attached hydrogens (tertiary/aromatic N) is 2. The van der Waals surface area contributed by atoms with Crippen molar-refractivity contribution in [3.05, 3.63) is 100 Å². The fourth-order valence-electron chi connectivity index (χ4n) is 4.67. The number of hydrogen-bond acceptors (Lipinski definition) is 4. The van der Waals surface area contributed by atoms with Gasteiger partial charge < -0.3 is 10.2 Å². The molecular weight excluding hydrogens is 546 g/mol. The Morgan fingerprint density at radius 3 is 2.27 bits per heavy atom. The predicted molar refractivity (Wildman–Crippen MR) is 162 cm³/mol. The van der Waals surface area contributed by atoms with Gasteiger partial charge in [0.2, 0.25) is 21.8 Å². The van der Waals surface area contributed by atoms with E-state index < -0.39 is 16.1 Å². The Kier molecular flexibility index (Phi) is 11.2. The molecule has 0 spiro atoms. The van der Waals surface area contributed by atoms with Gasteiger partial charge in [0.25, 0.3) is 0 Å². The van der Waals surface area contributed by atoms with E-state index in [1.54, 1.807) is 30.0 Å². The number of hydrogen-bond donors (Lipinski definition) is 1. The van der Waals surface area contributed by atoms with Crippen molar-refractivity contribution in [3.8, 4) is 0 Å². The Morgan fingerprint density at radius 2 is 1.62 bits per heavy atom. The average Bonchev–Trinajstić information content (AvgIpc) is 2.91. The number of carbonyl (C=O) groups excluding carboxylic acids is 2. The highest BCUT2D eigenvalue weighted by atomic mass is 35.5. The molecule has 1 N–H and O–H groups in total. The summed E-state index contributed by atoms with van der Waals surface area (Å²) in [6.45, 7) is 6.41. The van der Waals surface area contributed by atoms with Crippen molar-refractivity contribution >= 4 is 39.1 Å². The molecule has 0 aliphatic heterocycles. The van der Waals surface area contributed by atoms with Gasteiger partial charge in [0.1, 0.15) is 6.04 Å². The van der Waals surface area contributed by atoms with Crippen molar-refractivity contribution < 1.29 is 18.0 Å². The van der Waals surface area contributed by atoms with Crippen LogP contribution in [0, 0.1) is 13.8 Å². The second-order valence-corrected chi connectivity index (χ2v) is 12.2. The molecule has 0 aromatic heterocycles. The number of amides is 2. The summed E-state index contributed by atoms with van der Waals surface area (Å²) in [6.07, 6.45) is 1.85.